The van der Waals surface area contributed by atoms with E-state index in [-0.39, 0.29) is 0 Å². The third-order valence-corrected chi connectivity index (χ3v) is 6.12. The Morgan fingerprint density at radius 2 is 1.92 bits per heavy atom. The van der Waals surface area contributed by atoms with Gasteiger partial charge in [0.25, 0.3) is 5.72 Å². The lowest BCUT2D eigenvalue weighted by atomic mass is 9.95. The van der Waals surface area contributed by atoms with Crippen LogP contribution >= 0.6 is 11.8 Å². The molecule has 0 spiro atoms. The third kappa shape index (κ3) is 2.45. The summed E-state index contributed by atoms with van der Waals surface area (Å²) in [5.74, 6) is 1.11. The summed E-state index contributed by atoms with van der Waals surface area (Å²) in [6, 6.07) is 16.7. The molecular weight excluding hydrogens is 316 g/mol. The monoisotopic (exact) mass is 339 g/mol. The maximum Gasteiger partial charge on any atom is 0.316 e. The fourth-order valence-corrected chi connectivity index (χ4v) is 4.98. The van der Waals surface area contributed by atoms with Crippen molar-refractivity contribution in [2.75, 3.05) is 23.7 Å². The Hall–Kier alpha value is -1.78. The van der Waals surface area contributed by atoms with Crippen LogP contribution in [0, 0.1) is 13.8 Å². The number of anilines is 1. The van der Waals surface area contributed by atoms with E-state index in [0.29, 0.717) is 6.54 Å². The molecular formula is C20H23N2OS+. The molecule has 0 aliphatic carbocycles. The Morgan fingerprint density at radius 1 is 1.12 bits per heavy atom. The van der Waals surface area contributed by atoms with E-state index in [0.717, 1.165) is 35.5 Å². The van der Waals surface area contributed by atoms with Crippen molar-refractivity contribution in [3.05, 3.63) is 65.2 Å². The van der Waals surface area contributed by atoms with Gasteiger partial charge in [-0.1, -0.05) is 42.0 Å². The predicted molar refractivity (Wildman–Crippen MR) is 101 cm³/mol. The normalized spacial score (nSPS) is 23.5. The molecule has 24 heavy (non-hydrogen) atoms. The maximum atomic E-state index is 11.7. The van der Waals surface area contributed by atoms with E-state index in [9.17, 15) is 5.11 Å². The zero-order chi connectivity index (χ0) is 16.7. The zero-order valence-corrected chi connectivity index (χ0v) is 15.0. The zero-order valence-electron chi connectivity index (χ0n) is 14.2. The highest BCUT2D eigenvalue weighted by Crippen LogP contribution is 2.38. The summed E-state index contributed by atoms with van der Waals surface area (Å²) in [4.78, 5) is 2.27. The van der Waals surface area contributed by atoms with Gasteiger partial charge < -0.3 is 5.11 Å². The van der Waals surface area contributed by atoms with E-state index in [4.69, 9.17) is 0 Å². The summed E-state index contributed by atoms with van der Waals surface area (Å²) >= 11 is 1.85. The number of nitrogens with zero attached hydrogens (tertiary/aromatic N) is 2. The molecule has 4 heteroatoms. The molecule has 2 aliphatic heterocycles. The van der Waals surface area contributed by atoms with Crippen molar-refractivity contribution in [2.45, 2.75) is 26.0 Å². The van der Waals surface area contributed by atoms with E-state index in [1.54, 1.807) is 0 Å². The number of hydrogen-bond acceptors (Lipinski definition) is 3. The Bertz CT molecular complexity index is 803. The summed E-state index contributed by atoms with van der Waals surface area (Å²) in [7, 11) is 0. The number of aliphatic hydroxyl groups is 1. The van der Waals surface area contributed by atoms with Gasteiger partial charge >= 0.3 is 5.17 Å². The molecule has 0 unspecified atom stereocenters. The van der Waals surface area contributed by atoms with Crippen LogP contribution in [0.25, 0.3) is 0 Å². The smallest absolute Gasteiger partial charge is 0.316 e. The fourth-order valence-electron chi connectivity index (χ4n) is 3.80. The summed E-state index contributed by atoms with van der Waals surface area (Å²) < 4.78 is 2.20. The van der Waals surface area contributed by atoms with Gasteiger partial charge in [0, 0.05) is 11.3 Å². The molecule has 3 nitrogen and oxygen atoms in total. The van der Waals surface area contributed by atoms with E-state index in [1.807, 2.05) is 17.8 Å². The number of β-amino-alcohol motifs (C(OH)–C–C–N with tert-alkyl or cyclic N) is 1. The van der Waals surface area contributed by atoms with Gasteiger partial charge in [-0.05, 0) is 49.7 Å². The number of hydrogen-bond donors (Lipinski definition) is 1. The lowest BCUT2D eigenvalue weighted by Gasteiger charge is -2.26. The van der Waals surface area contributed by atoms with Gasteiger partial charge in [0.05, 0.1) is 6.54 Å². The minimum absolute atomic E-state index is 0.573. The van der Waals surface area contributed by atoms with Crippen LogP contribution in [0.4, 0.5) is 5.69 Å². The molecule has 124 valence electrons. The molecule has 0 aromatic heterocycles. The highest BCUT2D eigenvalue weighted by molar-refractivity contribution is 8.13. The third-order valence-electron chi connectivity index (χ3n) is 4.93. The maximum absolute atomic E-state index is 11.7. The standard InChI is InChI=1S/C20H23N2OS/c1-15-9-10-18(16(2)13-15)20(23)14-21(17-7-4-3-5-8-17)19-22(20)11-6-12-24-19/h3-5,7-10,13,23H,6,11-12,14H2,1-2H3/q+1/t20-/m0/s1. The van der Waals surface area contributed by atoms with Crippen LogP contribution in [0.3, 0.4) is 0 Å². The fraction of sp³-hybridized carbons (Fsp3) is 0.350. The number of benzene rings is 2. The predicted octanol–water partition coefficient (Wildman–Crippen LogP) is 3.47. The van der Waals surface area contributed by atoms with Crippen LogP contribution in [0.2, 0.25) is 0 Å². The topological polar surface area (TPSA) is 26.5 Å². The summed E-state index contributed by atoms with van der Waals surface area (Å²) in [6.07, 6.45) is 1.10. The van der Waals surface area contributed by atoms with Gasteiger partial charge in [-0.3, -0.25) is 0 Å². The molecule has 2 aromatic carbocycles. The number of amidine groups is 1. The largest absolute Gasteiger partial charge is 0.346 e. The average molecular weight is 339 g/mol. The Balaban J connectivity index is 1.83. The molecule has 2 heterocycles. The number of aryl methyl sites for hydroxylation is 2. The number of rotatable bonds is 2. The first kappa shape index (κ1) is 15.7. The SMILES string of the molecule is Cc1ccc([C@@]2(O)CN(c3ccccc3)C3=[N+]2CCCS3)c(C)c1. The second-order valence-electron chi connectivity index (χ2n) is 6.69. The van der Waals surface area contributed by atoms with E-state index < -0.39 is 5.72 Å². The lowest BCUT2D eigenvalue weighted by Crippen LogP contribution is -2.42. The second kappa shape index (κ2) is 5.94. The molecule has 0 fully saturated rings. The average Bonchev–Trinajstić information content (AvgIpc) is 2.90. The van der Waals surface area contributed by atoms with Crippen molar-refractivity contribution in [2.24, 2.45) is 0 Å². The molecule has 0 radical (unpaired) electrons. The van der Waals surface area contributed by atoms with Crippen molar-refractivity contribution < 1.29 is 9.68 Å². The summed E-state index contributed by atoms with van der Waals surface area (Å²) in [6.45, 7) is 5.67. The van der Waals surface area contributed by atoms with Crippen LogP contribution in [0.1, 0.15) is 23.1 Å². The first-order valence-corrected chi connectivity index (χ1v) is 9.48. The van der Waals surface area contributed by atoms with Gasteiger partial charge in [0.15, 0.2) is 6.54 Å². The van der Waals surface area contributed by atoms with Crippen LogP contribution in [0.15, 0.2) is 48.5 Å². The summed E-state index contributed by atoms with van der Waals surface area (Å²) in [5, 5.41) is 12.9. The minimum atomic E-state index is -0.962. The van der Waals surface area contributed by atoms with Crippen LogP contribution in [-0.4, -0.2) is 33.7 Å². The molecule has 4 rings (SSSR count). The van der Waals surface area contributed by atoms with Crippen molar-refractivity contribution >= 4 is 22.6 Å². The van der Waals surface area contributed by atoms with E-state index >= 15 is 0 Å². The van der Waals surface area contributed by atoms with Gasteiger partial charge in [-0.25, -0.2) is 9.48 Å². The molecule has 0 saturated heterocycles. The van der Waals surface area contributed by atoms with E-state index in [1.165, 1.54) is 10.7 Å². The van der Waals surface area contributed by atoms with Crippen LogP contribution in [0.5, 0.6) is 0 Å². The van der Waals surface area contributed by atoms with Crippen LogP contribution < -0.4 is 4.90 Å². The molecule has 0 amide bonds. The van der Waals surface area contributed by atoms with Crippen molar-refractivity contribution in [3.63, 3.8) is 0 Å². The Labute approximate surface area is 147 Å². The van der Waals surface area contributed by atoms with Crippen LogP contribution in [-0.2, 0) is 5.72 Å². The Kier molecular flexibility index (Phi) is 3.89. The quantitative estimate of drug-likeness (QED) is 0.849. The van der Waals surface area contributed by atoms with Gasteiger partial charge in [0.2, 0.25) is 0 Å². The van der Waals surface area contributed by atoms with E-state index in [2.05, 4.69) is 65.8 Å². The van der Waals surface area contributed by atoms with Gasteiger partial charge in [0.1, 0.15) is 5.69 Å². The minimum Gasteiger partial charge on any atom is -0.346 e. The highest BCUT2D eigenvalue weighted by Gasteiger charge is 2.53. The van der Waals surface area contributed by atoms with Gasteiger partial charge in [-0.2, -0.15) is 0 Å². The molecule has 2 aliphatic rings. The highest BCUT2D eigenvalue weighted by atomic mass is 32.2. The first-order valence-electron chi connectivity index (χ1n) is 8.50. The molecule has 1 atom stereocenters. The van der Waals surface area contributed by atoms with Crippen molar-refractivity contribution in [3.8, 4) is 0 Å². The van der Waals surface area contributed by atoms with Gasteiger partial charge in [-0.15, -0.1) is 0 Å². The number of para-hydroxylation sites is 1. The number of thioether (sulfide) groups is 1. The first-order chi connectivity index (χ1) is 11.6. The second-order valence-corrected chi connectivity index (χ2v) is 7.75. The molecule has 2 aromatic rings. The molecule has 1 N–H and O–H groups in total. The molecule has 0 bridgehead atoms. The lowest BCUT2D eigenvalue weighted by molar-refractivity contribution is -0.656. The summed E-state index contributed by atoms with van der Waals surface area (Å²) in [5.41, 5.74) is 3.59. The van der Waals surface area contributed by atoms with Crippen molar-refractivity contribution in [1.29, 1.82) is 0 Å². The van der Waals surface area contributed by atoms with Crippen molar-refractivity contribution in [1.82, 2.24) is 0 Å². The molecule has 0 saturated carbocycles. The Morgan fingerprint density at radius 3 is 2.67 bits per heavy atom.